The fourth-order valence-electron chi connectivity index (χ4n) is 0.766. The number of hydrogen-bond acceptors (Lipinski definition) is 3. The summed E-state index contributed by atoms with van der Waals surface area (Å²) < 4.78 is 0. The minimum absolute atomic E-state index is 0.741. The maximum Gasteiger partial charge on any atom is 0.0896 e. The van der Waals surface area contributed by atoms with Crippen LogP contribution < -0.4 is 0 Å². The van der Waals surface area contributed by atoms with Crippen molar-refractivity contribution in [3.63, 3.8) is 0 Å². The van der Waals surface area contributed by atoms with E-state index in [0.29, 0.717) is 0 Å². The highest BCUT2D eigenvalue weighted by Crippen LogP contribution is 2.13. The Balaban J connectivity index is 3.11. The summed E-state index contributed by atoms with van der Waals surface area (Å²) in [5.74, 6) is 0. The van der Waals surface area contributed by atoms with Crippen molar-refractivity contribution in [1.29, 1.82) is 5.41 Å². The van der Waals surface area contributed by atoms with Gasteiger partial charge in [0, 0.05) is 24.2 Å². The molecule has 11 heavy (non-hydrogen) atoms. The fourth-order valence-corrected chi connectivity index (χ4v) is 0.766. The Morgan fingerprint density at radius 3 is 3.09 bits per heavy atom. The van der Waals surface area contributed by atoms with Gasteiger partial charge < -0.3 is 5.41 Å². The summed E-state index contributed by atoms with van der Waals surface area (Å²) in [6.07, 6.45) is 6.24. The summed E-state index contributed by atoms with van der Waals surface area (Å²) >= 11 is 0. The van der Waals surface area contributed by atoms with Gasteiger partial charge in [-0.3, -0.25) is 9.98 Å². The highest BCUT2D eigenvalue weighted by atomic mass is 14.8. The minimum Gasteiger partial charge on any atom is -0.308 e. The molecule has 3 heteroatoms. The van der Waals surface area contributed by atoms with Crippen LogP contribution in [0.1, 0.15) is 12.5 Å². The molecule has 0 unspecified atom stereocenters. The maximum atomic E-state index is 7.04. The van der Waals surface area contributed by atoms with Crippen LogP contribution in [0.25, 0.3) is 0 Å². The standard InChI is InChI=1S/C8H9N3/c1-2-11-8-6-10-4-3-7(8)5-9/h2-6,9H,1H3/b9-5?,11-2-. The molecule has 56 valence electrons. The maximum absolute atomic E-state index is 7.04. The first-order chi connectivity index (χ1) is 5.38. The van der Waals surface area contributed by atoms with Crippen LogP contribution in [0.3, 0.4) is 0 Å². The van der Waals surface area contributed by atoms with E-state index >= 15 is 0 Å². The van der Waals surface area contributed by atoms with Crippen molar-refractivity contribution in [3.8, 4) is 0 Å². The number of aliphatic imine (C=N–C) groups is 1. The largest absolute Gasteiger partial charge is 0.308 e. The lowest BCUT2D eigenvalue weighted by atomic mass is 10.2. The van der Waals surface area contributed by atoms with Crippen LogP contribution in [0.15, 0.2) is 23.5 Å². The van der Waals surface area contributed by atoms with Gasteiger partial charge in [0.2, 0.25) is 0 Å². The van der Waals surface area contributed by atoms with Gasteiger partial charge in [-0.2, -0.15) is 0 Å². The average Bonchev–Trinajstić information content (AvgIpc) is 2.06. The van der Waals surface area contributed by atoms with Crippen molar-refractivity contribution in [2.75, 3.05) is 0 Å². The van der Waals surface area contributed by atoms with Crippen molar-refractivity contribution in [1.82, 2.24) is 4.98 Å². The van der Waals surface area contributed by atoms with Crippen molar-refractivity contribution in [2.24, 2.45) is 4.99 Å². The monoisotopic (exact) mass is 147 g/mol. The number of nitrogens with one attached hydrogen (secondary N) is 1. The van der Waals surface area contributed by atoms with E-state index in [1.807, 2.05) is 6.92 Å². The van der Waals surface area contributed by atoms with Crippen molar-refractivity contribution >= 4 is 18.1 Å². The van der Waals surface area contributed by atoms with E-state index in [0.717, 1.165) is 11.3 Å². The molecule has 0 spiro atoms. The molecule has 1 aromatic heterocycles. The smallest absolute Gasteiger partial charge is 0.0896 e. The Hall–Kier alpha value is -1.51. The van der Waals surface area contributed by atoms with Crippen LogP contribution in [0.2, 0.25) is 0 Å². The third-order valence-corrected chi connectivity index (χ3v) is 1.26. The van der Waals surface area contributed by atoms with Gasteiger partial charge in [-0.1, -0.05) is 0 Å². The van der Waals surface area contributed by atoms with Crippen molar-refractivity contribution in [3.05, 3.63) is 24.0 Å². The Morgan fingerprint density at radius 2 is 2.45 bits per heavy atom. The van der Waals surface area contributed by atoms with E-state index in [9.17, 15) is 0 Å². The first kappa shape index (κ1) is 7.60. The highest BCUT2D eigenvalue weighted by Gasteiger charge is 1.93. The molecule has 0 saturated carbocycles. The van der Waals surface area contributed by atoms with E-state index in [1.54, 1.807) is 24.7 Å². The van der Waals surface area contributed by atoms with Crippen LogP contribution in [-0.2, 0) is 0 Å². The summed E-state index contributed by atoms with van der Waals surface area (Å²) in [7, 11) is 0. The lowest BCUT2D eigenvalue weighted by molar-refractivity contribution is 1.30. The van der Waals surface area contributed by atoms with E-state index in [-0.39, 0.29) is 0 Å². The van der Waals surface area contributed by atoms with Crippen LogP contribution in [0.4, 0.5) is 5.69 Å². The predicted molar refractivity (Wildman–Crippen MR) is 45.9 cm³/mol. The van der Waals surface area contributed by atoms with Crippen LogP contribution in [0.5, 0.6) is 0 Å². The zero-order valence-corrected chi connectivity index (χ0v) is 6.28. The second kappa shape index (κ2) is 3.61. The molecule has 0 aliphatic heterocycles. The SMILES string of the molecule is C/C=N\c1cnccc1C=N. The van der Waals surface area contributed by atoms with Gasteiger partial charge in [0.25, 0.3) is 0 Å². The second-order valence-electron chi connectivity index (χ2n) is 1.97. The molecule has 0 aliphatic carbocycles. The molecule has 0 aliphatic rings. The molecular weight excluding hydrogens is 138 g/mol. The number of hydrogen-bond donors (Lipinski definition) is 1. The van der Waals surface area contributed by atoms with E-state index < -0.39 is 0 Å². The normalized spacial score (nSPS) is 10.3. The summed E-state index contributed by atoms with van der Waals surface area (Å²) in [6.45, 7) is 1.83. The zero-order chi connectivity index (χ0) is 8.10. The van der Waals surface area contributed by atoms with Crippen molar-refractivity contribution in [2.45, 2.75) is 6.92 Å². The summed E-state index contributed by atoms with van der Waals surface area (Å²) in [5, 5.41) is 7.04. The van der Waals surface area contributed by atoms with Gasteiger partial charge in [-0.25, -0.2) is 0 Å². The summed E-state index contributed by atoms with van der Waals surface area (Å²) in [4.78, 5) is 7.93. The Morgan fingerprint density at radius 1 is 1.64 bits per heavy atom. The lowest BCUT2D eigenvalue weighted by Crippen LogP contribution is -1.81. The summed E-state index contributed by atoms with van der Waals surface area (Å²) in [6, 6.07) is 1.76. The van der Waals surface area contributed by atoms with Crippen LogP contribution in [-0.4, -0.2) is 17.4 Å². The predicted octanol–water partition coefficient (Wildman–Crippen LogP) is 1.80. The first-order valence-electron chi connectivity index (χ1n) is 3.31. The lowest BCUT2D eigenvalue weighted by Gasteiger charge is -1.95. The van der Waals surface area contributed by atoms with Gasteiger partial charge in [0.1, 0.15) is 0 Å². The third-order valence-electron chi connectivity index (χ3n) is 1.26. The Kier molecular flexibility index (Phi) is 2.49. The van der Waals surface area contributed by atoms with E-state index in [4.69, 9.17) is 5.41 Å². The molecule has 0 bridgehead atoms. The third kappa shape index (κ3) is 1.70. The number of pyridine rings is 1. The van der Waals surface area contributed by atoms with Crippen LogP contribution >= 0.6 is 0 Å². The quantitative estimate of drug-likeness (QED) is 0.637. The molecule has 1 aromatic rings. The van der Waals surface area contributed by atoms with Crippen LogP contribution in [0, 0.1) is 5.41 Å². The molecule has 0 atom stereocenters. The molecular formula is C8H9N3. The minimum atomic E-state index is 0.741. The highest BCUT2D eigenvalue weighted by molar-refractivity contribution is 5.85. The number of nitrogens with zero attached hydrogens (tertiary/aromatic N) is 2. The van der Waals surface area contributed by atoms with Crippen molar-refractivity contribution < 1.29 is 0 Å². The van der Waals surface area contributed by atoms with Gasteiger partial charge >= 0.3 is 0 Å². The molecule has 0 amide bonds. The molecule has 0 saturated heterocycles. The van der Waals surface area contributed by atoms with E-state index in [2.05, 4.69) is 9.98 Å². The first-order valence-corrected chi connectivity index (χ1v) is 3.31. The molecule has 0 aromatic carbocycles. The zero-order valence-electron chi connectivity index (χ0n) is 6.28. The molecule has 0 fully saturated rings. The Labute approximate surface area is 65.3 Å². The molecule has 1 heterocycles. The van der Waals surface area contributed by atoms with Gasteiger partial charge in [-0.05, 0) is 13.0 Å². The average molecular weight is 147 g/mol. The number of aromatic nitrogens is 1. The second-order valence-corrected chi connectivity index (χ2v) is 1.97. The van der Waals surface area contributed by atoms with Gasteiger partial charge in [0.15, 0.2) is 0 Å². The molecule has 1 N–H and O–H groups in total. The topological polar surface area (TPSA) is 49.1 Å². The van der Waals surface area contributed by atoms with E-state index in [1.165, 1.54) is 6.21 Å². The molecule has 0 radical (unpaired) electrons. The fraction of sp³-hybridized carbons (Fsp3) is 0.125. The Bertz CT molecular complexity index is 278. The molecule has 1 rings (SSSR count). The van der Waals surface area contributed by atoms with Gasteiger partial charge in [-0.15, -0.1) is 0 Å². The van der Waals surface area contributed by atoms with Gasteiger partial charge in [0.05, 0.1) is 11.9 Å². The molecule has 3 nitrogen and oxygen atoms in total. The number of rotatable bonds is 2. The summed E-state index contributed by atoms with van der Waals surface area (Å²) in [5.41, 5.74) is 1.53.